The van der Waals surface area contributed by atoms with E-state index in [-0.39, 0.29) is 31.0 Å². The largest absolute Gasteiger partial charge is 0.483 e. The van der Waals surface area contributed by atoms with E-state index in [2.05, 4.69) is 28.2 Å². The van der Waals surface area contributed by atoms with E-state index in [4.69, 9.17) is 16.3 Å². The molecule has 1 atom stereocenters. The predicted octanol–water partition coefficient (Wildman–Crippen LogP) is 6.30. The number of carbonyl (C=O) groups excluding carboxylic acids is 2. The van der Waals surface area contributed by atoms with Crippen molar-refractivity contribution in [3.8, 4) is 5.75 Å². The second-order valence-electron chi connectivity index (χ2n) is 8.79. The van der Waals surface area contributed by atoms with E-state index in [9.17, 15) is 9.59 Å². The van der Waals surface area contributed by atoms with Crippen LogP contribution in [-0.2, 0) is 22.6 Å². The molecule has 184 valence electrons. The summed E-state index contributed by atoms with van der Waals surface area (Å²) in [5.74, 6) is 0.239. The Morgan fingerprint density at radius 1 is 1.15 bits per heavy atom. The van der Waals surface area contributed by atoms with Crippen LogP contribution in [-0.4, -0.2) is 35.4 Å². The van der Waals surface area contributed by atoms with E-state index in [0.717, 1.165) is 42.1 Å². The maximum absolute atomic E-state index is 13.4. The van der Waals surface area contributed by atoms with Crippen LogP contribution in [0.2, 0.25) is 5.02 Å². The lowest BCUT2D eigenvalue weighted by Gasteiger charge is -2.33. The number of carbonyl (C=O) groups is 2. The first-order chi connectivity index (χ1) is 16.4. The summed E-state index contributed by atoms with van der Waals surface area (Å²) in [6.45, 7) is 4.09. The van der Waals surface area contributed by atoms with Gasteiger partial charge in [-0.25, -0.2) is 0 Å². The molecule has 1 N–H and O–H groups in total. The fraction of sp³-hybridized carbons (Fsp3) is 0.481. The van der Waals surface area contributed by atoms with Crippen molar-refractivity contribution in [2.45, 2.75) is 77.4 Å². The second kappa shape index (κ2) is 13.1. The van der Waals surface area contributed by atoms with Crippen LogP contribution in [0.5, 0.6) is 5.75 Å². The van der Waals surface area contributed by atoms with Crippen LogP contribution in [0, 0.1) is 0 Å². The number of hydrogen-bond acceptors (Lipinski definition) is 3. The Labute approximate surface area is 216 Å². The van der Waals surface area contributed by atoms with Gasteiger partial charge in [0.05, 0.1) is 4.47 Å². The monoisotopic (exact) mass is 548 g/mol. The minimum Gasteiger partial charge on any atom is -0.483 e. The molecule has 3 rings (SSSR count). The van der Waals surface area contributed by atoms with Crippen LogP contribution in [0.25, 0.3) is 0 Å². The molecule has 2 aromatic carbocycles. The van der Waals surface area contributed by atoms with E-state index in [1.165, 1.54) is 12.0 Å². The molecule has 0 aromatic heterocycles. The van der Waals surface area contributed by atoms with E-state index < -0.39 is 6.04 Å². The number of rotatable bonds is 10. The predicted molar refractivity (Wildman–Crippen MR) is 140 cm³/mol. The van der Waals surface area contributed by atoms with E-state index >= 15 is 0 Å². The van der Waals surface area contributed by atoms with Crippen LogP contribution in [0.4, 0.5) is 0 Å². The van der Waals surface area contributed by atoms with Crippen molar-refractivity contribution in [1.29, 1.82) is 0 Å². The molecule has 0 radical (unpaired) electrons. The van der Waals surface area contributed by atoms with E-state index in [0.29, 0.717) is 17.2 Å². The molecule has 0 aliphatic heterocycles. The number of nitrogens with one attached hydrogen (secondary N) is 1. The topological polar surface area (TPSA) is 58.6 Å². The second-order valence-corrected chi connectivity index (χ2v) is 10.0. The Morgan fingerprint density at radius 2 is 1.88 bits per heavy atom. The molecule has 1 aliphatic rings. The smallest absolute Gasteiger partial charge is 0.261 e. The maximum atomic E-state index is 13.4. The molecular weight excluding hydrogens is 516 g/mol. The van der Waals surface area contributed by atoms with Crippen molar-refractivity contribution >= 4 is 39.3 Å². The van der Waals surface area contributed by atoms with Crippen LogP contribution in [0.3, 0.4) is 0 Å². The number of aryl methyl sites for hydroxylation is 1. The number of hydrogen-bond donors (Lipinski definition) is 1. The van der Waals surface area contributed by atoms with Crippen molar-refractivity contribution in [3.63, 3.8) is 0 Å². The third kappa shape index (κ3) is 7.22. The van der Waals surface area contributed by atoms with Crippen molar-refractivity contribution in [3.05, 3.63) is 63.1 Å². The molecule has 2 amide bonds. The third-order valence-electron chi connectivity index (χ3n) is 6.39. The van der Waals surface area contributed by atoms with Gasteiger partial charge in [0.2, 0.25) is 5.91 Å². The summed E-state index contributed by atoms with van der Waals surface area (Å²) in [5, 5.41) is 3.76. The molecule has 0 bridgehead atoms. The highest BCUT2D eigenvalue weighted by atomic mass is 79.9. The Hall–Kier alpha value is -2.05. The first kappa shape index (κ1) is 26.6. The zero-order chi connectivity index (χ0) is 24.5. The highest BCUT2D eigenvalue weighted by molar-refractivity contribution is 9.10. The number of nitrogens with zero attached hydrogens (tertiary/aromatic N) is 1. The fourth-order valence-corrected chi connectivity index (χ4v) is 5.11. The fourth-order valence-electron chi connectivity index (χ4n) is 4.38. The first-order valence-electron chi connectivity index (χ1n) is 12.2. The minimum atomic E-state index is -0.597. The van der Waals surface area contributed by atoms with Crippen LogP contribution >= 0.6 is 27.5 Å². The Balaban J connectivity index is 1.77. The van der Waals surface area contributed by atoms with Gasteiger partial charge in [-0.05, 0) is 70.9 Å². The standard InChI is InChI=1S/C27H34BrClN2O3/c1-3-19-14-15-25(22(28)16-19)34-18-26(32)31(17-20-10-8-9-13-23(20)29)24(4-2)27(33)30-21-11-6-5-7-12-21/h8-10,13-16,21,24H,3-7,11-12,17-18H2,1-2H3,(H,30,33). The van der Waals surface area contributed by atoms with Gasteiger partial charge >= 0.3 is 0 Å². The quantitative estimate of drug-likeness (QED) is 0.378. The normalized spacial score (nSPS) is 14.9. The highest BCUT2D eigenvalue weighted by Gasteiger charge is 2.31. The van der Waals surface area contributed by atoms with Gasteiger partial charge in [-0.3, -0.25) is 9.59 Å². The lowest BCUT2D eigenvalue weighted by molar-refractivity contribution is -0.143. The third-order valence-corrected chi connectivity index (χ3v) is 7.38. The van der Waals surface area contributed by atoms with Gasteiger partial charge in [0.25, 0.3) is 5.91 Å². The molecular formula is C27H34BrClN2O3. The van der Waals surface area contributed by atoms with Gasteiger partial charge in [-0.1, -0.05) is 69.0 Å². The molecule has 1 fully saturated rings. The van der Waals surface area contributed by atoms with Crippen molar-refractivity contribution in [1.82, 2.24) is 10.2 Å². The lowest BCUT2D eigenvalue weighted by Crippen LogP contribution is -2.52. The minimum absolute atomic E-state index is 0.108. The Kier molecular flexibility index (Phi) is 10.3. The van der Waals surface area contributed by atoms with Crippen LogP contribution in [0.1, 0.15) is 63.5 Å². The molecule has 0 spiro atoms. The van der Waals surface area contributed by atoms with Gasteiger partial charge in [0.1, 0.15) is 11.8 Å². The van der Waals surface area contributed by atoms with E-state index in [1.54, 1.807) is 11.0 Å². The maximum Gasteiger partial charge on any atom is 0.261 e. The number of ether oxygens (including phenoxy) is 1. The van der Waals surface area contributed by atoms with Gasteiger partial charge in [0, 0.05) is 17.6 Å². The highest BCUT2D eigenvalue weighted by Crippen LogP contribution is 2.27. The first-order valence-corrected chi connectivity index (χ1v) is 13.3. The average molecular weight is 550 g/mol. The summed E-state index contributed by atoms with van der Waals surface area (Å²) in [4.78, 5) is 28.3. The molecule has 1 unspecified atom stereocenters. The van der Waals surface area contributed by atoms with Gasteiger partial charge in [-0.15, -0.1) is 0 Å². The zero-order valence-corrected chi connectivity index (χ0v) is 22.3. The SMILES string of the molecule is CCc1ccc(OCC(=O)N(Cc2ccccc2Cl)C(CC)C(=O)NC2CCCCC2)c(Br)c1. The van der Waals surface area contributed by atoms with Crippen LogP contribution < -0.4 is 10.1 Å². The van der Waals surface area contributed by atoms with Crippen molar-refractivity contribution in [2.75, 3.05) is 6.61 Å². The number of benzene rings is 2. The van der Waals surface area contributed by atoms with E-state index in [1.807, 2.05) is 43.3 Å². The van der Waals surface area contributed by atoms with Crippen molar-refractivity contribution in [2.24, 2.45) is 0 Å². The number of halogens is 2. The molecule has 5 nitrogen and oxygen atoms in total. The summed E-state index contributed by atoms with van der Waals surface area (Å²) >= 11 is 9.93. The van der Waals surface area contributed by atoms with Gasteiger partial charge < -0.3 is 15.0 Å². The Bertz CT molecular complexity index is 978. The van der Waals surface area contributed by atoms with Crippen molar-refractivity contribution < 1.29 is 14.3 Å². The molecule has 2 aromatic rings. The number of amides is 2. The molecule has 7 heteroatoms. The Morgan fingerprint density at radius 3 is 2.53 bits per heavy atom. The summed E-state index contributed by atoms with van der Waals surface area (Å²) in [7, 11) is 0. The molecule has 0 saturated heterocycles. The summed E-state index contributed by atoms with van der Waals surface area (Å²) in [6, 6.07) is 12.8. The summed E-state index contributed by atoms with van der Waals surface area (Å²) < 4.78 is 6.67. The van der Waals surface area contributed by atoms with Crippen LogP contribution in [0.15, 0.2) is 46.9 Å². The molecule has 0 heterocycles. The molecule has 1 saturated carbocycles. The average Bonchev–Trinajstić information content (AvgIpc) is 2.84. The summed E-state index contributed by atoms with van der Waals surface area (Å²) in [6.07, 6.45) is 6.87. The zero-order valence-electron chi connectivity index (χ0n) is 20.0. The summed E-state index contributed by atoms with van der Waals surface area (Å²) in [5.41, 5.74) is 1.98. The molecule has 1 aliphatic carbocycles. The lowest BCUT2D eigenvalue weighted by atomic mass is 9.95. The van der Waals surface area contributed by atoms with Gasteiger partial charge in [-0.2, -0.15) is 0 Å². The molecule has 34 heavy (non-hydrogen) atoms. The van der Waals surface area contributed by atoms with Gasteiger partial charge in [0.15, 0.2) is 6.61 Å².